The molecular weight excluding hydrogens is 328 g/mol. The van der Waals surface area contributed by atoms with E-state index in [1.807, 2.05) is 6.07 Å². The molecule has 0 unspecified atom stereocenters. The highest BCUT2D eigenvalue weighted by Crippen LogP contribution is 2.20. The van der Waals surface area contributed by atoms with Crippen molar-refractivity contribution >= 4 is 33.3 Å². The van der Waals surface area contributed by atoms with Crippen molar-refractivity contribution in [2.24, 2.45) is 0 Å². The summed E-state index contributed by atoms with van der Waals surface area (Å²) in [4.78, 5) is 40.9. The summed E-state index contributed by atoms with van der Waals surface area (Å²) >= 11 is 0. The van der Waals surface area contributed by atoms with Gasteiger partial charge in [-0.3, -0.25) is 14.4 Å². The Hall–Kier alpha value is -3.73. The van der Waals surface area contributed by atoms with Crippen LogP contribution in [0.25, 0.3) is 21.7 Å². The molecule has 4 aromatic rings. The van der Waals surface area contributed by atoms with Crippen LogP contribution in [0.3, 0.4) is 0 Å². The summed E-state index contributed by atoms with van der Waals surface area (Å²) in [7, 11) is 0. The van der Waals surface area contributed by atoms with Crippen molar-refractivity contribution in [1.82, 2.24) is 4.98 Å². The lowest BCUT2D eigenvalue weighted by molar-refractivity contribution is 0.102. The molecule has 1 heterocycles. The number of fused-ring (bicyclic) bond motifs is 2. The molecule has 1 aromatic heterocycles. The molecule has 0 fully saturated rings. The molecule has 5 heteroatoms. The molecule has 5 nitrogen and oxygen atoms in total. The van der Waals surface area contributed by atoms with Crippen LogP contribution in [0, 0.1) is 0 Å². The van der Waals surface area contributed by atoms with E-state index in [-0.39, 0.29) is 27.7 Å². The minimum absolute atomic E-state index is 0.194. The van der Waals surface area contributed by atoms with Gasteiger partial charge < -0.3 is 10.3 Å². The maximum absolute atomic E-state index is 13.1. The second-order valence-electron chi connectivity index (χ2n) is 5.88. The van der Waals surface area contributed by atoms with E-state index in [0.29, 0.717) is 22.2 Å². The Morgan fingerprint density at radius 3 is 2.27 bits per heavy atom. The fraction of sp³-hybridized carbons (Fsp3) is 0. The van der Waals surface area contributed by atoms with E-state index < -0.39 is 0 Å². The molecule has 0 saturated carbocycles. The summed E-state index contributed by atoms with van der Waals surface area (Å²) in [6.45, 7) is 0. The quantitative estimate of drug-likeness (QED) is 0.587. The van der Waals surface area contributed by atoms with Gasteiger partial charge in [0.15, 0.2) is 5.43 Å². The van der Waals surface area contributed by atoms with Crippen LogP contribution in [0.1, 0.15) is 10.4 Å². The zero-order valence-electron chi connectivity index (χ0n) is 13.7. The van der Waals surface area contributed by atoms with E-state index in [9.17, 15) is 14.4 Å². The first-order chi connectivity index (χ1) is 12.6. The highest BCUT2D eigenvalue weighted by Gasteiger charge is 2.13. The number of aromatic nitrogens is 1. The number of hydrogen-bond acceptors (Lipinski definition) is 3. The maximum Gasteiger partial charge on any atom is 0.256 e. The van der Waals surface area contributed by atoms with Crippen LogP contribution < -0.4 is 16.3 Å². The summed E-state index contributed by atoms with van der Waals surface area (Å²) in [5, 5.41) is 3.57. The van der Waals surface area contributed by atoms with Crippen molar-refractivity contribution in [1.29, 1.82) is 0 Å². The van der Waals surface area contributed by atoms with E-state index >= 15 is 0 Å². The highest BCUT2D eigenvalue weighted by atomic mass is 16.2. The standard InChI is InChI=1S/C21H14N2O3/c24-19-14-9-4-5-11-16(14)22-21(26)15-10-6-12-17(18(15)19)23-20(25)13-7-2-1-3-8-13/h1-12H,(H,22,26)(H,23,25). The minimum atomic E-state index is -0.380. The summed E-state index contributed by atoms with van der Waals surface area (Å²) in [5.41, 5.74) is 0.551. The summed E-state index contributed by atoms with van der Waals surface area (Å²) in [6.07, 6.45) is 0. The van der Waals surface area contributed by atoms with Crippen molar-refractivity contribution in [3.05, 3.63) is 98.9 Å². The average molecular weight is 342 g/mol. The van der Waals surface area contributed by atoms with Crippen molar-refractivity contribution < 1.29 is 4.79 Å². The second kappa shape index (κ2) is 6.29. The topological polar surface area (TPSA) is 79.0 Å². The molecule has 2 N–H and O–H groups in total. The minimum Gasteiger partial charge on any atom is -0.321 e. The fourth-order valence-electron chi connectivity index (χ4n) is 2.99. The fourth-order valence-corrected chi connectivity index (χ4v) is 2.99. The van der Waals surface area contributed by atoms with Gasteiger partial charge >= 0.3 is 0 Å². The molecule has 126 valence electrons. The van der Waals surface area contributed by atoms with E-state index in [2.05, 4.69) is 10.3 Å². The van der Waals surface area contributed by atoms with Crippen LogP contribution in [0.15, 0.2) is 82.4 Å². The molecule has 3 aromatic carbocycles. The predicted molar refractivity (Wildman–Crippen MR) is 103 cm³/mol. The molecule has 0 radical (unpaired) electrons. The van der Waals surface area contributed by atoms with Gasteiger partial charge in [0.25, 0.3) is 11.5 Å². The van der Waals surface area contributed by atoms with Gasteiger partial charge in [-0.05, 0) is 36.4 Å². The van der Waals surface area contributed by atoms with Crippen LogP contribution in [0.2, 0.25) is 0 Å². The number of anilines is 1. The van der Waals surface area contributed by atoms with Crippen molar-refractivity contribution in [3.8, 4) is 0 Å². The van der Waals surface area contributed by atoms with E-state index in [0.717, 1.165) is 0 Å². The number of H-pyrrole nitrogens is 1. The normalized spacial score (nSPS) is 10.8. The van der Waals surface area contributed by atoms with Crippen LogP contribution >= 0.6 is 0 Å². The van der Waals surface area contributed by atoms with E-state index in [1.165, 1.54) is 0 Å². The number of rotatable bonds is 2. The summed E-state index contributed by atoms with van der Waals surface area (Å²) < 4.78 is 0. The van der Waals surface area contributed by atoms with Crippen LogP contribution in [-0.2, 0) is 0 Å². The third-order valence-corrected chi connectivity index (χ3v) is 4.24. The largest absolute Gasteiger partial charge is 0.321 e. The summed E-state index contributed by atoms with van der Waals surface area (Å²) in [5.74, 6) is -0.343. The molecule has 0 bridgehead atoms. The SMILES string of the molecule is O=C(Nc1cccc2c(=O)[nH]c3ccccc3c(=O)c12)c1ccccc1. The highest BCUT2D eigenvalue weighted by molar-refractivity contribution is 6.09. The first-order valence-corrected chi connectivity index (χ1v) is 8.09. The Kier molecular flexibility index (Phi) is 3.82. The van der Waals surface area contributed by atoms with Crippen molar-refractivity contribution in [3.63, 3.8) is 0 Å². The molecule has 1 amide bonds. The predicted octanol–water partition coefficient (Wildman–Crippen LogP) is 3.29. The number of carbonyl (C=O) groups excluding carboxylic acids is 1. The molecule has 0 aliphatic carbocycles. The monoisotopic (exact) mass is 342 g/mol. The zero-order valence-corrected chi connectivity index (χ0v) is 13.7. The Bertz CT molecular complexity index is 1260. The lowest BCUT2D eigenvalue weighted by atomic mass is 10.1. The first kappa shape index (κ1) is 15.8. The number of para-hydroxylation sites is 1. The number of aromatic amines is 1. The number of hydrogen-bond donors (Lipinski definition) is 2. The molecule has 0 saturated heterocycles. The Labute approximate surface area is 147 Å². The van der Waals surface area contributed by atoms with Gasteiger partial charge in [-0.15, -0.1) is 0 Å². The maximum atomic E-state index is 13.1. The second-order valence-corrected chi connectivity index (χ2v) is 5.88. The zero-order chi connectivity index (χ0) is 18.1. The Balaban J connectivity index is 2.00. The van der Waals surface area contributed by atoms with Crippen LogP contribution in [-0.4, -0.2) is 10.9 Å². The Morgan fingerprint density at radius 1 is 0.769 bits per heavy atom. The molecule has 0 aliphatic rings. The third-order valence-electron chi connectivity index (χ3n) is 4.24. The molecule has 0 atom stereocenters. The first-order valence-electron chi connectivity index (χ1n) is 8.09. The average Bonchev–Trinajstić information content (AvgIpc) is 2.78. The summed E-state index contributed by atoms with van der Waals surface area (Å²) in [6, 6.07) is 20.4. The van der Waals surface area contributed by atoms with E-state index in [4.69, 9.17) is 0 Å². The van der Waals surface area contributed by atoms with Crippen molar-refractivity contribution in [2.75, 3.05) is 5.32 Å². The number of nitrogens with one attached hydrogen (secondary N) is 2. The molecular formula is C21H14N2O3. The van der Waals surface area contributed by atoms with Crippen LogP contribution in [0.5, 0.6) is 0 Å². The lowest BCUT2D eigenvalue weighted by Gasteiger charge is -2.07. The van der Waals surface area contributed by atoms with E-state index in [1.54, 1.807) is 66.7 Å². The van der Waals surface area contributed by atoms with Gasteiger partial charge in [0.1, 0.15) is 0 Å². The van der Waals surface area contributed by atoms with Gasteiger partial charge in [0.2, 0.25) is 0 Å². The molecule has 0 aliphatic heterocycles. The number of carbonyl (C=O) groups is 1. The molecule has 0 spiro atoms. The van der Waals surface area contributed by atoms with Crippen molar-refractivity contribution in [2.45, 2.75) is 0 Å². The van der Waals surface area contributed by atoms with Gasteiger partial charge in [0.05, 0.1) is 22.0 Å². The lowest BCUT2D eigenvalue weighted by Crippen LogP contribution is -2.14. The Morgan fingerprint density at radius 2 is 1.46 bits per heavy atom. The van der Waals surface area contributed by atoms with Gasteiger partial charge in [-0.1, -0.05) is 36.4 Å². The third kappa shape index (κ3) is 2.65. The van der Waals surface area contributed by atoms with Gasteiger partial charge in [-0.25, -0.2) is 0 Å². The van der Waals surface area contributed by atoms with Crippen LogP contribution in [0.4, 0.5) is 5.69 Å². The number of amides is 1. The van der Waals surface area contributed by atoms with Gasteiger partial charge in [0, 0.05) is 10.9 Å². The number of benzene rings is 3. The smallest absolute Gasteiger partial charge is 0.256 e. The molecule has 26 heavy (non-hydrogen) atoms. The van der Waals surface area contributed by atoms with Gasteiger partial charge in [-0.2, -0.15) is 0 Å². The molecule has 4 rings (SSSR count).